The zero-order valence-electron chi connectivity index (χ0n) is 14.3. The van der Waals surface area contributed by atoms with Crippen LogP contribution >= 0.6 is 0 Å². The minimum Gasteiger partial charge on any atom is -0.492 e. The molecular formula is C20H20FNO4. The summed E-state index contributed by atoms with van der Waals surface area (Å²) in [5, 5.41) is 2.95. The van der Waals surface area contributed by atoms with E-state index < -0.39 is 5.41 Å². The van der Waals surface area contributed by atoms with E-state index in [1.807, 2.05) is 0 Å². The van der Waals surface area contributed by atoms with Crippen molar-refractivity contribution in [1.82, 2.24) is 5.32 Å². The van der Waals surface area contributed by atoms with Gasteiger partial charge < -0.3 is 19.5 Å². The Labute approximate surface area is 151 Å². The van der Waals surface area contributed by atoms with Gasteiger partial charge in [-0.25, -0.2) is 4.39 Å². The fourth-order valence-electron chi connectivity index (χ4n) is 3.42. The maximum Gasteiger partial charge on any atom is 0.231 e. The number of ether oxygens (including phenoxy) is 3. The van der Waals surface area contributed by atoms with Crippen molar-refractivity contribution in [1.29, 1.82) is 0 Å². The average molecular weight is 357 g/mol. The number of fused-ring (bicyclic) bond motifs is 1. The van der Waals surface area contributed by atoms with E-state index >= 15 is 0 Å². The molecule has 2 aromatic rings. The van der Waals surface area contributed by atoms with Gasteiger partial charge in [0.1, 0.15) is 18.2 Å². The Kier molecular flexibility index (Phi) is 4.41. The molecule has 136 valence electrons. The lowest BCUT2D eigenvalue weighted by Crippen LogP contribution is -2.50. The Morgan fingerprint density at radius 1 is 1.12 bits per heavy atom. The van der Waals surface area contributed by atoms with Gasteiger partial charge in [-0.2, -0.15) is 0 Å². The molecule has 6 heteroatoms. The largest absolute Gasteiger partial charge is 0.492 e. The number of carbonyl (C=O) groups excluding carboxylic acids is 1. The summed E-state index contributed by atoms with van der Waals surface area (Å²) in [6.07, 6.45) is 2.57. The molecule has 0 unspecified atom stereocenters. The second-order valence-electron chi connectivity index (χ2n) is 6.56. The minimum atomic E-state index is -0.535. The summed E-state index contributed by atoms with van der Waals surface area (Å²) in [7, 11) is 0. The molecule has 0 spiro atoms. The highest BCUT2D eigenvalue weighted by Gasteiger charge is 2.45. The molecule has 1 N–H and O–H groups in total. The first kappa shape index (κ1) is 16.7. The van der Waals surface area contributed by atoms with Crippen molar-refractivity contribution in [3.05, 3.63) is 53.8 Å². The van der Waals surface area contributed by atoms with Crippen molar-refractivity contribution in [2.75, 3.05) is 19.9 Å². The zero-order chi connectivity index (χ0) is 18.0. The lowest BCUT2D eigenvalue weighted by atomic mass is 9.64. The number of nitrogens with one attached hydrogen (secondary N) is 1. The Hall–Kier alpha value is -2.76. The summed E-state index contributed by atoms with van der Waals surface area (Å²) in [4.78, 5) is 12.7. The SMILES string of the molecule is O=C(NCCOc1ccc2c(c1)OCO2)C1(c2ccc(F)cc2)CCC1. The number of rotatable bonds is 6. The van der Waals surface area contributed by atoms with Crippen LogP contribution in [0, 0.1) is 5.82 Å². The zero-order valence-corrected chi connectivity index (χ0v) is 14.3. The van der Waals surface area contributed by atoms with E-state index in [0.29, 0.717) is 30.4 Å². The van der Waals surface area contributed by atoms with Crippen LogP contribution in [0.25, 0.3) is 0 Å². The Balaban J connectivity index is 1.31. The third-order valence-electron chi connectivity index (χ3n) is 5.04. The lowest BCUT2D eigenvalue weighted by Gasteiger charge is -2.40. The van der Waals surface area contributed by atoms with Crippen LogP contribution in [0.2, 0.25) is 0 Å². The molecule has 26 heavy (non-hydrogen) atoms. The molecule has 0 atom stereocenters. The topological polar surface area (TPSA) is 56.8 Å². The monoisotopic (exact) mass is 357 g/mol. The highest BCUT2D eigenvalue weighted by Crippen LogP contribution is 2.44. The number of amides is 1. The maximum absolute atomic E-state index is 13.2. The first-order valence-corrected chi connectivity index (χ1v) is 8.74. The van der Waals surface area contributed by atoms with Gasteiger partial charge >= 0.3 is 0 Å². The van der Waals surface area contributed by atoms with Gasteiger partial charge in [0, 0.05) is 6.07 Å². The van der Waals surface area contributed by atoms with E-state index in [9.17, 15) is 9.18 Å². The molecule has 5 nitrogen and oxygen atoms in total. The molecule has 2 aliphatic rings. The number of carbonyl (C=O) groups is 1. The average Bonchev–Trinajstić information content (AvgIpc) is 3.07. The van der Waals surface area contributed by atoms with Crippen LogP contribution in [0.4, 0.5) is 4.39 Å². The third kappa shape index (κ3) is 3.07. The Morgan fingerprint density at radius 2 is 1.88 bits per heavy atom. The minimum absolute atomic E-state index is 0.0235. The first-order valence-electron chi connectivity index (χ1n) is 8.74. The molecule has 0 radical (unpaired) electrons. The van der Waals surface area contributed by atoms with Crippen molar-refractivity contribution >= 4 is 5.91 Å². The highest BCUT2D eigenvalue weighted by atomic mass is 19.1. The number of benzene rings is 2. The van der Waals surface area contributed by atoms with Crippen LogP contribution in [0.15, 0.2) is 42.5 Å². The summed E-state index contributed by atoms with van der Waals surface area (Å²) in [5.41, 5.74) is 0.339. The van der Waals surface area contributed by atoms with Crippen LogP contribution in [0.1, 0.15) is 24.8 Å². The van der Waals surface area contributed by atoms with E-state index in [2.05, 4.69) is 5.32 Å². The second-order valence-corrected chi connectivity index (χ2v) is 6.56. The second kappa shape index (κ2) is 6.86. The molecule has 1 fully saturated rings. The highest BCUT2D eigenvalue weighted by molar-refractivity contribution is 5.89. The van der Waals surface area contributed by atoms with E-state index in [0.717, 1.165) is 24.8 Å². The van der Waals surface area contributed by atoms with Crippen LogP contribution in [-0.4, -0.2) is 25.9 Å². The van der Waals surface area contributed by atoms with Crippen LogP contribution in [0.3, 0.4) is 0 Å². The van der Waals surface area contributed by atoms with Gasteiger partial charge in [0.25, 0.3) is 0 Å². The number of hydrogen-bond donors (Lipinski definition) is 1. The lowest BCUT2D eigenvalue weighted by molar-refractivity contribution is -0.130. The molecule has 1 saturated carbocycles. The van der Waals surface area contributed by atoms with Crippen LogP contribution < -0.4 is 19.5 Å². The van der Waals surface area contributed by atoms with Gasteiger partial charge in [0.05, 0.1) is 12.0 Å². The van der Waals surface area contributed by atoms with Crippen molar-refractivity contribution in [2.24, 2.45) is 0 Å². The Bertz CT molecular complexity index is 802. The van der Waals surface area contributed by atoms with Crippen molar-refractivity contribution in [2.45, 2.75) is 24.7 Å². The molecule has 2 aromatic carbocycles. The molecule has 0 aromatic heterocycles. The van der Waals surface area contributed by atoms with Crippen LogP contribution in [-0.2, 0) is 10.2 Å². The molecule has 0 bridgehead atoms. The molecule has 0 saturated heterocycles. The molecule has 1 aliphatic carbocycles. The van der Waals surface area contributed by atoms with Crippen molar-refractivity contribution in [3.63, 3.8) is 0 Å². The normalized spacial score (nSPS) is 16.7. The maximum atomic E-state index is 13.2. The van der Waals surface area contributed by atoms with Crippen molar-refractivity contribution < 1.29 is 23.4 Å². The number of hydrogen-bond acceptors (Lipinski definition) is 4. The van der Waals surface area contributed by atoms with E-state index in [1.165, 1.54) is 12.1 Å². The van der Waals surface area contributed by atoms with E-state index in [-0.39, 0.29) is 18.5 Å². The fraction of sp³-hybridized carbons (Fsp3) is 0.350. The predicted molar refractivity (Wildman–Crippen MR) is 93.0 cm³/mol. The summed E-state index contributed by atoms with van der Waals surface area (Å²) < 4.78 is 29.4. The summed E-state index contributed by atoms with van der Waals surface area (Å²) in [6.45, 7) is 0.974. The van der Waals surface area contributed by atoms with Gasteiger partial charge in [-0.1, -0.05) is 18.6 Å². The summed E-state index contributed by atoms with van der Waals surface area (Å²) in [6, 6.07) is 11.6. The molecule has 1 amide bonds. The molecular weight excluding hydrogens is 337 g/mol. The number of halogens is 1. The summed E-state index contributed by atoms with van der Waals surface area (Å²) in [5.74, 6) is 1.72. The fourth-order valence-corrected chi connectivity index (χ4v) is 3.42. The first-order chi connectivity index (χ1) is 12.7. The van der Waals surface area contributed by atoms with Gasteiger partial charge in [-0.15, -0.1) is 0 Å². The quantitative estimate of drug-likeness (QED) is 0.807. The molecule has 4 rings (SSSR count). The smallest absolute Gasteiger partial charge is 0.231 e. The molecule has 1 aliphatic heterocycles. The van der Waals surface area contributed by atoms with Crippen molar-refractivity contribution in [3.8, 4) is 17.2 Å². The van der Waals surface area contributed by atoms with Crippen LogP contribution in [0.5, 0.6) is 17.2 Å². The summed E-state index contributed by atoms with van der Waals surface area (Å²) >= 11 is 0. The van der Waals surface area contributed by atoms with E-state index in [1.54, 1.807) is 30.3 Å². The van der Waals surface area contributed by atoms with Gasteiger partial charge in [0.2, 0.25) is 12.7 Å². The predicted octanol–water partition coefficient (Wildman–Crippen LogP) is 3.17. The van der Waals surface area contributed by atoms with E-state index in [4.69, 9.17) is 14.2 Å². The standard InChI is InChI=1S/C20H20FNO4/c21-15-4-2-14(3-5-15)20(8-1-9-20)19(23)22-10-11-24-16-6-7-17-18(12-16)26-13-25-17/h2-7,12H,1,8-11,13H2,(H,22,23). The Morgan fingerprint density at radius 3 is 2.62 bits per heavy atom. The molecule has 1 heterocycles. The third-order valence-corrected chi connectivity index (χ3v) is 5.04. The van der Waals surface area contributed by atoms with Gasteiger partial charge in [-0.05, 0) is 42.7 Å². The van der Waals surface area contributed by atoms with Gasteiger partial charge in [-0.3, -0.25) is 4.79 Å². The van der Waals surface area contributed by atoms with Gasteiger partial charge in [0.15, 0.2) is 11.5 Å².